The number of rotatable bonds is 15. The molecule has 218 valence electrons. The van der Waals surface area contributed by atoms with Crippen LogP contribution in [0.25, 0.3) is 0 Å². The Morgan fingerprint density at radius 2 is 1.88 bits per heavy atom. The van der Waals surface area contributed by atoms with Gasteiger partial charge in [0.2, 0.25) is 0 Å². The Balaban J connectivity index is 1.41. The molecule has 2 saturated carbocycles. The van der Waals surface area contributed by atoms with E-state index >= 15 is 0 Å². The van der Waals surface area contributed by atoms with E-state index in [0.29, 0.717) is 25.9 Å². The van der Waals surface area contributed by atoms with Crippen molar-refractivity contribution in [3.63, 3.8) is 0 Å². The second-order valence-electron chi connectivity index (χ2n) is 12.6. The fraction of sp³-hybridized carbons (Fsp3) is 0.639. The molecule has 0 spiro atoms. The van der Waals surface area contributed by atoms with Gasteiger partial charge in [-0.15, -0.1) is 0 Å². The molecule has 2 fully saturated rings. The van der Waals surface area contributed by atoms with Crippen molar-refractivity contribution < 1.29 is 19.1 Å². The number of ether oxygens (including phenoxy) is 1. The van der Waals surface area contributed by atoms with Crippen molar-refractivity contribution in [1.29, 1.82) is 0 Å². The number of carbonyl (C=O) groups is 3. The minimum Gasteiger partial charge on any atom is -0.385 e. The zero-order chi connectivity index (χ0) is 28.5. The quantitative estimate of drug-likeness (QED) is 0.210. The first-order valence-corrected chi connectivity index (χ1v) is 15.9. The average Bonchev–Trinajstić information content (AvgIpc) is 3.42. The molecule has 3 aliphatic carbocycles. The topological polar surface area (TPSA) is 60.4 Å². The Kier molecular flexibility index (Phi) is 11.5. The molecule has 4 rings (SSSR count). The average molecular weight is 547 g/mol. The number of hydrogen-bond donors (Lipinski definition) is 0. The molecule has 4 atom stereocenters. The van der Waals surface area contributed by atoms with E-state index in [0.717, 1.165) is 50.9 Å². The zero-order valence-electron chi connectivity index (χ0n) is 25.1. The molecule has 4 unspecified atom stereocenters. The predicted molar refractivity (Wildman–Crippen MR) is 161 cm³/mol. The molecule has 0 N–H and O–H groups in total. The number of allylic oxidation sites excluding steroid dienone is 4. The van der Waals surface area contributed by atoms with Gasteiger partial charge in [-0.05, 0) is 93.2 Å². The molecule has 3 aliphatic rings. The van der Waals surface area contributed by atoms with Crippen molar-refractivity contribution in [2.45, 2.75) is 110 Å². The van der Waals surface area contributed by atoms with Gasteiger partial charge in [-0.1, -0.05) is 62.3 Å². The lowest BCUT2D eigenvalue weighted by Gasteiger charge is -2.26. The molecule has 0 aliphatic heterocycles. The third-order valence-electron chi connectivity index (χ3n) is 9.88. The van der Waals surface area contributed by atoms with Crippen LogP contribution in [0.4, 0.5) is 0 Å². The Hall–Kier alpha value is -2.33. The Labute approximate surface area is 242 Å². The maximum absolute atomic E-state index is 13.8. The lowest BCUT2D eigenvalue weighted by atomic mass is 9.78. The van der Waals surface area contributed by atoms with Gasteiger partial charge in [-0.25, -0.2) is 0 Å². The van der Waals surface area contributed by atoms with Gasteiger partial charge in [-0.2, -0.15) is 0 Å². The van der Waals surface area contributed by atoms with Crippen LogP contribution >= 0.6 is 0 Å². The number of Topliss-reactive ketones (excluding diaryl/α,β-unsaturated/α-hetero) is 3. The lowest BCUT2D eigenvalue weighted by Crippen LogP contribution is -2.27. The molecule has 0 bridgehead atoms. The standard InChI is InChI=1S/C36H50O4/c1-4-27-21-30(28-11-7-12-28)18-17-29(27)13-8-14-32-23-35(38)31(16-15-26-9-5-6-10-26)22-33(36(32)39)24-34(37)25(2)19-20-40-3/h5-6,9,17-18,21,25,28,31-33H,4,7-8,10-16,19-20,22-24H2,1-3H3. The van der Waals surface area contributed by atoms with E-state index in [-0.39, 0.29) is 47.4 Å². The van der Waals surface area contributed by atoms with Crippen LogP contribution in [0.2, 0.25) is 0 Å². The van der Waals surface area contributed by atoms with Crippen LogP contribution in [0, 0.1) is 23.7 Å². The van der Waals surface area contributed by atoms with E-state index < -0.39 is 0 Å². The number of aryl methyl sites for hydroxylation is 2. The Morgan fingerprint density at radius 1 is 1.05 bits per heavy atom. The summed E-state index contributed by atoms with van der Waals surface area (Å²) in [5, 5.41) is 0. The zero-order valence-corrected chi connectivity index (χ0v) is 25.1. The smallest absolute Gasteiger partial charge is 0.139 e. The summed E-state index contributed by atoms with van der Waals surface area (Å²) in [5.74, 6) is 0.372. The van der Waals surface area contributed by atoms with Gasteiger partial charge >= 0.3 is 0 Å². The van der Waals surface area contributed by atoms with Crippen LogP contribution < -0.4 is 0 Å². The summed E-state index contributed by atoms with van der Waals surface area (Å²) in [6.45, 7) is 4.70. The Bertz CT molecular complexity index is 1090. The van der Waals surface area contributed by atoms with Crippen LogP contribution in [0.3, 0.4) is 0 Å². The molecule has 0 saturated heterocycles. The second kappa shape index (κ2) is 15.1. The van der Waals surface area contributed by atoms with Gasteiger partial charge in [0.25, 0.3) is 0 Å². The SMILES string of the molecule is CCc1cc(C2CCC2)ccc1CCCC1CC(=O)C(CCC2=CC=CC2)CC(CC(=O)C(C)CCOC)C1=O. The molecule has 1 aromatic rings. The molecule has 40 heavy (non-hydrogen) atoms. The van der Waals surface area contributed by atoms with Crippen LogP contribution in [-0.2, 0) is 32.0 Å². The molecule has 0 amide bonds. The summed E-state index contributed by atoms with van der Waals surface area (Å²) in [5.41, 5.74) is 5.65. The summed E-state index contributed by atoms with van der Waals surface area (Å²) in [7, 11) is 1.65. The molecule has 4 nitrogen and oxygen atoms in total. The summed E-state index contributed by atoms with van der Waals surface area (Å²) in [6, 6.07) is 7.02. The van der Waals surface area contributed by atoms with Gasteiger partial charge < -0.3 is 4.74 Å². The fourth-order valence-electron chi connectivity index (χ4n) is 6.83. The number of hydrogen-bond acceptors (Lipinski definition) is 4. The van der Waals surface area contributed by atoms with Crippen LogP contribution in [-0.4, -0.2) is 31.1 Å². The van der Waals surface area contributed by atoms with Crippen molar-refractivity contribution >= 4 is 17.3 Å². The summed E-state index contributed by atoms with van der Waals surface area (Å²) >= 11 is 0. The Morgan fingerprint density at radius 3 is 2.55 bits per heavy atom. The molecule has 1 aromatic carbocycles. The van der Waals surface area contributed by atoms with Crippen molar-refractivity contribution in [3.8, 4) is 0 Å². The van der Waals surface area contributed by atoms with Gasteiger partial charge in [0.05, 0.1) is 0 Å². The first kappa shape index (κ1) is 30.6. The molecule has 0 radical (unpaired) electrons. The monoisotopic (exact) mass is 546 g/mol. The first-order valence-electron chi connectivity index (χ1n) is 15.9. The largest absolute Gasteiger partial charge is 0.385 e. The highest BCUT2D eigenvalue weighted by atomic mass is 16.5. The van der Waals surface area contributed by atoms with Gasteiger partial charge in [0.15, 0.2) is 0 Å². The number of methoxy groups -OCH3 is 1. The predicted octanol–water partition coefficient (Wildman–Crippen LogP) is 7.92. The molecular formula is C36H50O4. The fourth-order valence-corrected chi connectivity index (χ4v) is 6.83. The summed E-state index contributed by atoms with van der Waals surface area (Å²) in [6.07, 6.45) is 18.4. The molecule has 4 heteroatoms. The van der Waals surface area contributed by atoms with Gasteiger partial charge in [-0.3, -0.25) is 14.4 Å². The van der Waals surface area contributed by atoms with Crippen LogP contribution in [0.5, 0.6) is 0 Å². The second-order valence-corrected chi connectivity index (χ2v) is 12.6. The minimum atomic E-state index is -0.345. The highest BCUT2D eigenvalue weighted by molar-refractivity contribution is 5.95. The third kappa shape index (κ3) is 8.12. The maximum atomic E-state index is 13.8. The van der Waals surface area contributed by atoms with Crippen LogP contribution in [0.1, 0.15) is 114 Å². The summed E-state index contributed by atoms with van der Waals surface area (Å²) < 4.78 is 5.17. The third-order valence-corrected chi connectivity index (χ3v) is 9.88. The van der Waals surface area contributed by atoms with Crippen LogP contribution in [0.15, 0.2) is 42.0 Å². The van der Waals surface area contributed by atoms with E-state index in [2.05, 4.69) is 43.4 Å². The highest BCUT2D eigenvalue weighted by Gasteiger charge is 2.38. The number of carbonyl (C=O) groups excluding carboxylic acids is 3. The van der Waals surface area contributed by atoms with E-state index in [9.17, 15) is 14.4 Å². The number of benzene rings is 1. The van der Waals surface area contributed by atoms with Crippen molar-refractivity contribution in [2.24, 2.45) is 23.7 Å². The minimum absolute atomic E-state index is 0.129. The normalized spacial score (nSPS) is 24.1. The van der Waals surface area contributed by atoms with E-state index in [4.69, 9.17) is 4.74 Å². The van der Waals surface area contributed by atoms with Gasteiger partial charge in [0.1, 0.15) is 17.3 Å². The molecule has 0 aromatic heterocycles. The molecule has 0 heterocycles. The van der Waals surface area contributed by atoms with E-state index in [1.54, 1.807) is 7.11 Å². The molecular weight excluding hydrogens is 496 g/mol. The summed E-state index contributed by atoms with van der Waals surface area (Å²) in [4.78, 5) is 40.4. The van der Waals surface area contributed by atoms with E-state index in [1.807, 2.05) is 6.92 Å². The highest BCUT2D eigenvalue weighted by Crippen LogP contribution is 2.38. The maximum Gasteiger partial charge on any atom is 0.139 e. The van der Waals surface area contributed by atoms with Crippen molar-refractivity contribution in [3.05, 3.63) is 58.7 Å². The lowest BCUT2D eigenvalue weighted by molar-refractivity contribution is -0.132. The van der Waals surface area contributed by atoms with Crippen molar-refractivity contribution in [2.75, 3.05) is 13.7 Å². The van der Waals surface area contributed by atoms with Crippen molar-refractivity contribution in [1.82, 2.24) is 0 Å². The van der Waals surface area contributed by atoms with Gasteiger partial charge in [0, 0.05) is 50.2 Å². The number of ketones is 3. The first-order chi connectivity index (χ1) is 19.4. The van der Waals surface area contributed by atoms with E-state index in [1.165, 1.54) is 41.5 Å².